The molecule has 2 aliphatic carbocycles. The van der Waals surface area contributed by atoms with E-state index in [1.807, 2.05) is 17.5 Å². The van der Waals surface area contributed by atoms with E-state index in [1.165, 1.54) is 0 Å². The Morgan fingerprint density at radius 3 is 3.00 bits per heavy atom. The monoisotopic (exact) mass is 581 g/mol. The van der Waals surface area contributed by atoms with Gasteiger partial charge >= 0.3 is 0 Å². The SMILES string of the molecule is C=CCN1C(C#N)C[C@]23c4c5ccc(O)c4OC2C(N(C)C(=O)/C=C/c2cc(Br)cs2)CC[C@@]3(O)[C@H]1C5. The van der Waals surface area contributed by atoms with Crippen LogP contribution in [0.15, 0.2) is 46.8 Å². The van der Waals surface area contributed by atoms with Gasteiger partial charge in [0.25, 0.3) is 0 Å². The molecule has 2 fully saturated rings. The van der Waals surface area contributed by atoms with Crippen LogP contribution in [0.2, 0.25) is 0 Å². The Bertz CT molecular complexity index is 1370. The van der Waals surface area contributed by atoms with Gasteiger partial charge in [0, 0.05) is 46.0 Å². The van der Waals surface area contributed by atoms with E-state index < -0.39 is 23.2 Å². The first-order chi connectivity index (χ1) is 17.7. The molecule has 1 aromatic carbocycles. The van der Waals surface area contributed by atoms with Crippen molar-refractivity contribution in [1.29, 1.82) is 5.26 Å². The topological polar surface area (TPSA) is 97.0 Å². The number of aromatic hydroxyl groups is 1. The molecule has 192 valence electrons. The number of phenols is 1. The number of carbonyl (C=O) groups is 1. The van der Waals surface area contributed by atoms with Gasteiger partial charge < -0.3 is 19.8 Å². The fraction of sp³-hybridized carbons (Fsp3) is 0.429. The van der Waals surface area contributed by atoms with Crippen molar-refractivity contribution < 1.29 is 19.7 Å². The minimum absolute atomic E-state index is 0.0289. The molecule has 6 atom stereocenters. The number of halogens is 1. The quantitative estimate of drug-likeness (QED) is 0.409. The largest absolute Gasteiger partial charge is 0.504 e. The molecule has 0 radical (unpaired) electrons. The van der Waals surface area contributed by atoms with Crippen LogP contribution in [-0.4, -0.2) is 69.3 Å². The fourth-order valence-corrected chi connectivity index (χ4v) is 8.75. The molecule has 7 nitrogen and oxygen atoms in total. The molecule has 1 aromatic heterocycles. The molecule has 1 spiro atoms. The molecule has 2 aromatic rings. The fourth-order valence-electron chi connectivity index (χ4n) is 7.41. The molecule has 2 N–H and O–H groups in total. The Morgan fingerprint density at radius 1 is 1.49 bits per heavy atom. The van der Waals surface area contributed by atoms with Gasteiger partial charge in [-0.05, 0) is 65.4 Å². The zero-order chi connectivity index (χ0) is 26.1. The average Bonchev–Trinajstić information content (AvgIpc) is 3.46. The number of aliphatic hydroxyl groups is 1. The van der Waals surface area contributed by atoms with Crippen LogP contribution in [0.4, 0.5) is 0 Å². The summed E-state index contributed by atoms with van der Waals surface area (Å²) in [6, 6.07) is 6.89. The number of piperidine rings is 1. The van der Waals surface area contributed by atoms with Crippen molar-refractivity contribution in [2.45, 2.75) is 60.9 Å². The Labute approximate surface area is 228 Å². The summed E-state index contributed by atoms with van der Waals surface area (Å²) >= 11 is 4.98. The molecule has 6 rings (SSSR count). The molecular weight excluding hydrogens is 554 g/mol. The summed E-state index contributed by atoms with van der Waals surface area (Å²) in [5, 5.41) is 35.5. The molecule has 1 saturated carbocycles. The molecule has 2 bridgehead atoms. The lowest BCUT2D eigenvalue weighted by Crippen LogP contribution is -2.79. The van der Waals surface area contributed by atoms with Crippen LogP contribution in [0.25, 0.3) is 6.08 Å². The van der Waals surface area contributed by atoms with E-state index in [1.54, 1.807) is 47.6 Å². The van der Waals surface area contributed by atoms with Crippen molar-refractivity contribution in [2.75, 3.05) is 13.6 Å². The molecule has 37 heavy (non-hydrogen) atoms. The molecular formula is C28H28BrN3O4S. The van der Waals surface area contributed by atoms with Crippen LogP contribution in [0, 0.1) is 11.3 Å². The van der Waals surface area contributed by atoms with Crippen LogP contribution >= 0.6 is 27.3 Å². The van der Waals surface area contributed by atoms with Crippen molar-refractivity contribution in [3.05, 3.63) is 62.8 Å². The maximum atomic E-state index is 13.3. The number of nitrogens with zero attached hydrogens (tertiary/aromatic N) is 3. The number of nitriles is 1. The number of amides is 1. The Morgan fingerprint density at radius 2 is 2.30 bits per heavy atom. The van der Waals surface area contributed by atoms with E-state index in [2.05, 4.69) is 33.5 Å². The minimum Gasteiger partial charge on any atom is -0.504 e. The van der Waals surface area contributed by atoms with Gasteiger partial charge in [-0.2, -0.15) is 5.26 Å². The summed E-state index contributed by atoms with van der Waals surface area (Å²) in [6.07, 6.45) is 6.48. The number of thiophene rings is 1. The Balaban J connectivity index is 1.43. The van der Waals surface area contributed by atoms with Gasteiger partial charge in [-0.3, -0.25) is 9.69 Å². The Kier molecular flexibility index (Phi) is 5.81. The first-order valence-corrected chi connectivity index (χ1v) is 14.1. The second-order valence-electron chi connectivity index (χ2n) is 10.5. The standard InChI is InChI=1S/C28H28BrN3O4S/c1-3-10-32-18(14-30)13-27-24-16-4-6-21(33)25(24)36-26(27)20(8-9-28(27,35)22(32)11-16)31(2)23(34)7-5-19-12-17(29)15-37-19/h3-7,12,15,18,20,22,26,33,35H,1,8-11,13H2,2H3/b7-5+/t18?,20?,22-,26?,27+,28-/m1/s1. The lowest BCUT2D eigenvalue weighted by atomic mass is 9.47. The third-order valence-corrected chi connectivity index (χ3v) is 10.6. The van der Waals surface area contributed by atoms with E-state index in [9.17, 15) is 20.3 Å². The van der Waals surface area contributed by atoms with Gasteiger partial charge in [0.1, 0.15) is 6.10 Å². The summed E-state index contributed by atoms with van der Waals surface area (Å²) in [4.78, 5) is 18.0. The number of phenolic OH excluding ortho intramolecular Hbond substituents is 1. The van der Waals surface area contributed by atoms with Crippen LogP contribution in [-0.2, 0) is 16.6 Å². The van der Waals surface area contributed by atoms with Gasteiger partial charge in [0.15, 0.2) is 11.5 Å². The molecule has 1 amide bonds. The number of hydrogen-bond donors (Lipinski definition) is 2. The van der Waals surface area contributed by atoms with Crippen LogP contribution in [0.3, 0.4) is 0 Å². The van der Waals surface area contributed by atoms with Crippen LogP contribution in [0.1, 0.15) is 35.3 Å². The highest BCUT2D eigenvalue weighted by atomic mass is 79.9. The lowest BCUT2D eigenvalue weighted by Gasteiger charge is -2.65. The van der Waals surface area contributed by atoms with E-state index in [0.29, 0.717) is 38.0 Å². The summed E-state index contributed by atoms with van der Waals surface area (Å²) < 4.78 is 7.50. The van der Waals surface area contributed by atoms with Crippen molar-refractivity contribution in [2.24, 2.45) is 0 Å². The van der Waals surface area contributed by atoms with Crippen molar-refractivity contribution >= 4 is 39.2 Å². The molecule has 4 aliphatic rings. The third kappa shape index (κ3) is 3.32. The first-order valence-electron chi connectivity index (χ1n) is 12.4. The van der Waals surface area contributed by atoms with E-state index in [0.717, 1.165) is 20.5 Å². The summed E-state index contributed by atoms with van der Waals surface area (Å²) in [6.45, 7) is 4.39. The lowest BCUT2D eigenvalue weighted by molar-refractivity contribution is -0.205. The number of hydrogen-bond acceptors (Lipinski definition) is 7. The van der Waals surface area contributed by atoms with E-state index in [4.69, 9.17) is 4.74 Å². The zero-order valence-corrected chi connectivity index (χ0v) is 22.8. The second kappa shape index (κ2) is 8.70. The number of benzene rings is 1. The molecule has 3 heterocycles. The highest BCUT2D eigenvalue weighted by Gasteiger charge is 2.74. The second-order valence-corrected chi connectivity index (χ2v) is 12.4. The highest BCUT2D eigenvalue weighted by Crippen LogP contribution is 2.66. The number of likely N-dealkylation sites (N-methyl/N-ethyl adjacent to an activating group) is 1. The first kappa shape index (κ1) is 24.7. The zero-order valence-electron chi connectivity index (χ0n) is 20.4. The maximum Gasteiger partial charge on any atom is 0.246 e. The van der Waals surface area contributed by atoms with Gasteiger partial charge in [0.2, 0.25) is 5.91 Å². The molecule has 3 unspecified atom stereocenters. The maximum absolute atomic E-state index is 13.3. The summed E-state index contributed by atoms with van der Waals surface area (Å²) in [5.41, 5.74) is -0.232. The predicted octanol–water partition coefficient (Wildman–Crippen LogP) is 3.99. The van der Waals surface area contributed by atoms with Crippen LogP contribution < -0.4 is 4.74 Å². The third-order valence-electron chi connectivity index (χ3n) is 8.94. The summed E-state index contributed by atoms with van der Waals surface area (Å²) in [5.74, 6) is 0.259. The minimum atomic E-state index is -1.17. The molecule has 9 heteroatoms. The van der Waals surface area contributed by atoms with Gasteiger partial charge in [-0.1, -0.05) is 12.1 Å². The molecule has 2 aliphatic heterocycles. The summed E-state index contributed by atoms with van der Waals surface area (Å²) in [7, 11) is 1.77. The normalized spacial score (nSPS) is 33.5. The number of rotatable bonds is 5. The smallest absolute Gasteiger partial charge is 0.246 e. The Hall–Kier alpha value is -2.64. The van der Waals surface area contributed by atoms with Gasteiger partial charge in [-0.25, -0.2) is 0 Å². The van der Waals surface area contributed by atoms with E-state index >= 15 is 0 Å². The van der Waals surface area contributed by atoms with E-state index in [-0.39, 0.29) is 23.7 Å². The van der Waals surface area contributed by atoms with Gasteiger partial charge in [-0.15, -0.1) is 17.9 Å². The van der Waals surface area contributed by atoms with Crippen LogP contribution in [0.5, 0.6) is 11.5 Å². The number of carbonyl (C=O) groups excluding carboxylic acids is 1. The predicted molar refractivity (Wildman–Crippen MR) is 144 cm³/mol. The molecule has 1 saturated heterocycles. The van der Waals surface area contributed by atoms with Crippen molar-refractivity contribution in [3.8, 4) is 17.6 Å². The highest BCUT2D eigenvalue weighted by molar-refractivity contribution is 9.10. The number of ether oxygens (including phenoxy) is 1. The number of likely N-dealkylation sites (tertiary alicyclic amines) is 1. The van der Waals surface area contributed by atoms with Crippen molar-refractivity contribution in [3.63, 3.8) is 0 Å². The van der Waals surface area contributed by atoms with Crippen molar-refractivity contribution in [1.82, 2.24) is 9.80 Å². The van der Waals surface area contributed by atoms with Gasteiger partial charge in [0.05, 0.1) is 29.2 Å². The average molecular weight is 583 g/mol.